The summed E-state index contributed by atoms with van der Waals surface area (Å²) in [4.78, 5) is 40.3. The van der Waals surface area contributed by atoms with Crippen molar-refractivity contribution in [2.75, 3.05) is 13.1 Å². The van der Waals surface area contributed by atoms with Gasteiger partial charge in [-0.1, -0.05) is 29.8 Å². The lowest BCUT2D eigenvalue weighted by Gasteiger charge is -2.42. The van der Waals surface area contributed by atoms with Gasteiger partial charge in [-0.2, -0.15) is 0 Å². The molecule has 2 aromatic carbocycles. The fourth-order valence-corrected chi connectivity index (χ4v) is 5.87. The molecule has 172 valence electrons. The number of aromatic nitrogens is 1. The molecule has 3 aliphatic heterocycles. The molecule has 3 atom stereocenters. The monoisotopic (exact) mass is 474 g/mol. The number of carbonyl (C=O) groups excluding carboxylic acids is 2. The van der Waals surface area contributed by atoms with Crippen LogP contribution >= 0.6 is 11.6 Å². The maximum absolute atomic E-state index is 13.5. The van der Waals surface area contributed by atoms with E-state index in [2.05, 4.69) is 0 Å². The van der Waals surface area contributed by atoms with E-state index >= 15 is 0 Å². The largest absolute Gasteiger partial charge is 0.454 e. The highest BCUT2D eigenvalue weighted by Gasteiger charge is 2.37. The Labute approximate surface area is 201 Å². The number of piperidine rings is 1. The van der Waals surface area contributed by atoms with Crippen molar-refractivity contribution in [2.24, 2.45) is 5.92 Å². The normalized spacial score (nSPS) is 23.0. The summed E-state index contributed by atoms with van der Waals surface area (Å²) in [5.74, 6) is -0.0115. The maximum Gasteiger partial charge on any atom is 0.339 e. The second kappa shape index (κ2) is 8.13. The summed E-state index contributed by atoms with van der Waals surface area (Å²) in [6.45, 7) is 1.86. The van der Waals surface area contributed by atoms with E-state index < -0.39 is 6.10 Å². The molecular formula is C27H23ClN2O4. The van der Waals surface area contributed by atoms with Crippen LogP contribution in [0.1, 0.15) is 56.0 Å². The Balaban J connectivity index is 1.26. The number of rotatable bonds is 2. The number of likely N-dealkylation sites (tertiary alicyclic amines) is 1. The highest BCUT2D eigenvalue weighted by molar-refractivity contribution is 6.30. The summed E-state index contributed by atoms with van der Waals surface area (Å²) in [6, 6.07) is 17.9. The van der Waals surface area contributed by atoms with Gasteiger partial charge in [-0.15, -0.1) is 0 Å². The highest BCUT2D eigenvalue weighted by atomic mass is 35.5. The summed E-state index contributed by atoms with van der Waals surface area (Å²) < 4.78 is 7.51. The first-order valence-electron chi connectivity index (χ1n) is 11.5. The zero-order chi connectivity index (χ0) is 23.4. The van der Waals surface area contributed by atoms with Crippen LogP contribution in [0.25, 0.3) is 0 Å². The Morgan fingerprint density at radius 2 is 1.82 bits per heavy atom. The molecule has 1 fully saturated rings. The van der Waals surface area contributed by atoms with E-state index in [4.69, 9.17) is 16.3 Å². The van der Waals surface area contributed by atoms with Crippen molar-refractivity contribution in [3.63, 3.8) is 0 Å². The molecule has 2 bridgehead atoms. The van der Waals surface area contributed by atoms with Crippen LogP contribution in [0.5, 0.6) is 0 Å². The fourth-order valence-electron chi connectivity index (χ4n) is 5.67. The van der Waals surface area contributed by atoms with Crippen molar-refractivity contribution >= 4 is 23.5 Å². The zero-order valence-electron chi connectivity index (χ0n) is 18.4. The number of pyridine rings is 1. The number of amides is 1. The van der Waals surface area contributed by atoms with E-state index in [-0.39, 0.29) is 29.3 Å². The lowest BCUT2D eigenvalue weighted by Crippen LogP contribution is -2.49. The molecule has 0 saturated carbocycles. The number of ether oxygens (including phenoxy) is 1. The van der Waals surface area contributed by atoms with Crippen LogP contribution in [0.4, 0.5) is 0 Å². The maximum atomic E-state index is 13.5. The van der Waals surface area contributed by atoms with E-state index in [1.165, 1.54) is 0 Å². The van der Waals surface area contributed by atoms with Gasteiger partial charge in [0, 0.05) is 54.3 Å². The summed E-state index contributed by atoms with van der Waals surface area (Å²) in [5.41, 5.74) is 3.76. The number of esters is 1. The van der Waals surface area contributed by atoms with Gasteiger partial charge in [-0.25, -0.2) is 4.79 Å². The van der Waals surface area contributed by atoms with Crippen molar-refractivity contribution in [3.8, 4) is 0 Å². The Kier molecular flexibility index (Phi) is 5.06. The molecule has 3 unspecified atom stereocenters. The number of fused-ring (bicyclic) bond motifs is 5. The first kappa shape index (κ1) is 21.2. The van der Waals surface area contributed by atoms with Gasteiger partial charge in [0.05, 0.1) is 5.56 Å². The minimum Gasteiger partial charge on any atom is -0.454 e. The predicted molar refractivity (Wildman–Crippen MR) is 127 cm³/mol. The molecule has 0 N–H and O–H groups in total. The molecule has 7 heteroatoms. The van der Waals surface area contributed by atoms with E-state index in [0.29, 0.717) is 42.2 Å². The minimum absolute atomic E-state index is 0.0304. The SMILES string of the molecule is O=C1OC(c2cccc(Cl)c2)Cc2cc(C(=O)N3CC4CC(C3)c3cccc(=O)n3C4)ccc21. The number of cyclic esters (lactones) is 1. The Morgan fingerprint density at radius 1 is 0.971 bits per heavy atom. The van der Waals surface area contributed by atoms with Gasteiger partial charge in [0.25, 0.3) is 11.5 Å². The van der Waals surface area contributed by atoms with Crippen molar-refractivity contribution in [2.45, 2.75) is 31.4 Å². The lowest BCUT2D eigenvalue weighted by molar-refractivity contribution is 0.0252. The number of nitrogens with zero attached hydrogens (tertiary/aromatic N) is 2. The highest BCUT2D eigenvalue weighted by Crippen LogP contribution is 2.36. The molecule has 1 saturated heterocycles. The molecule has 0 radical (unpaired) electrons. The van der Waals surface area contributed by atoms with Gasteiger partial charge < -0.3 is 14.2 Å². The third-order valence-corrected chi connectivity index (χ3v) is 7.45. The standard InChI is InChI=1S/C27H23ClN2O4/c28-21-4-1-3-17(11-21)24-12-19-10-18(7-8-22(19)27(33)34-24)26(32)29-13-16-9-20(15-29)23-5-2-6-25(31)30(23)14-16/h1-8,10-11,16,20,24H,9,12-15H2. The van der Waals surface area contributed by atoms with Crippen LogP contribution in [0.3, 0.4) is 0 Å². The number of carbonyl (C=O) groups is 2. The summed E-state index contributed by atoms with van der Waals surface area (Å²) in [5, 5.41) is 0.586. The lowest BCUT2D eigenvalue weighted by atomic mass is 9.83. The number of benzene rings is 2. The molecular weight excluding hydrogens is 452 g/mol. The van der Waals surface area contributed by atoms with E-state index in [9.17, 15) is 14.4 Å². The van der Waals surface area contributed by atoms with Crippen LogP contribution in [0.15, 0.2) is 65.5 Å². The third kappa shape index (κ3) is 3.62. The van der Waals surface area contributed by atoms with Crippen molar-refractivity contribution in [1.82, 2.24) is 9.47 Å². The molecule has 4 heterocycles. The van der Waals surface area contributed by atoms with Crippen LogP contribution in [0, 0.1) is 5.92 Å². The average Bonchev–Trinajstić information content (AvgIpc) is 2.84. The summed E-state index contributed by atoms with van der Waals surface area (Å²) >= 11 is 6.12. The molecule has 3 aromatic rings. The zero-order valence-corrected chi connectivity index (χ0v) is 19.2. The molecule has 0 aliphatic carbocycles. The van der Waals surface area contributed by atoms with Gasteiger partial charge in [0.15, 0.2) is 0 Å². The second-order valence-corrected chi connectivity index (χ2v) is 9.87. The quantitative estimate of drug-likeness (QED) is 0.522. The minimum atomic E-state index is -0.437. The smallest absolute Gasteiger partial charge is 0.339 e. The van der Waals surface area contributed by atoms with Crippen LogP contribution < -0.4 is 5.56 Å². The van der Waals surface area contributed by atoms with Gasteiger partial charge in [0.2, 0.25) is 0 Å². The second-order valence-electron chi connectivity index (χ2n) is 9.43. The van der Waals surface area contributed by atoms with Crippen LogP contribution in [-0.2, 0) is 17.7 Å². The predicted octanol–water partition coefficient (Wildman–Crippen LogP) is 4.22. The molecule has 6 nitrogen and oxygen atoms in total. The molecule has 34 heavy (non-hydrogen) atoms. The first-order valence-corrected chi connectivity index (χ1v) is 11.9. The van der Waals surface area contributed by atoms with Crippen LogP contribution in [-0.4, -0.2) is 34.4 Å². The molecule has 0 spiro atoms. The van der Waals surface area contributed by atoms with Crippen molar-refractivity contribution in [3.05, 3.63) is 104 Å². The number of hydrogen-bond donors (Lipinski definition) is 0. The van der Waals surface area contributed by atoms with E-state index in [0.717, 1.165) is 23.2 Å². The van der Waals surface area contributed by atoms with Crippen molar-refractivity contribution < 1.29 is 14.3 Å². The Bertz CT molecular complexity index is 1380. The van der Waals surface area contributed by atoms with E-state index in [1.807, 2.05) is 33.7 Å². The Morgan fingerprint density at radius 3 is 2.68 bits per heavy atom. The third-order valence-electron chi connectivity index (χ3n) is 7.21. The number of halogens is 1. The summed E-state index contributed by atoms with van der Waals surface area (Å²) in [7, 11) is 0. The molecule has 6 rings (SSSR count). The topological polar surface area (TPSA) is 68.6 Å². The first-order chi connectivity index (χ1) is 16.5. The van der Waals surface area contributed by atoms with Gasteiger partial charge >= 0.3 is 5.97 Å². The van der Waals surface area contributed by atoms with E-state index in [1.54, 1.807) is 36.4 Å². The average molecular weight is 475 g/mol. The van der Waals surface area contributed by atoms with Crippen molar-refractivity contribution in [1.29, 1.82) is 0 Å². The summed E-state index contributed by atoms with van der Waals surface area (Å²) in [6.07, 6.45) is 1.04. The van der Waals surface area contributed by atoms with Gasteiger partial charge in [0.1, 0.15) is 6.10 Å². The van der Waals surface area contributed by atoms with Gasteiger partial charge in [-0.3, -0.25) is 9.59 Å². The molecule has 1 amide bonds. The molecule has 3 aliphatic rings. The van der Waals surface area contributed by atoms with Gasteiger partial charge in [-0.05, 0) is 59.9 Å². The molecule has 1 aromatic heterocycles. The fraction of sp³-hybridized carbons (Fsp3) is 0.296. The van der Waals surface area contributed by atoms with Crippen LogP contribution in [0.2, 0.25) is 5.02 Å². The number of hydrogen-bond acceptors (Lipinski definition) is 4. The Hall–Kier alpha value is -3.38.